The van der Waals surface area contributed by atoms with E-state index in [0.29, 0.717) is 0 Å². The summed E-state index contributed by atoms with van der Waals surface area (Å²) in [4.78, 5) is 2.47. The maximum absolute atomic E-state index is 5.97. The van der Waals surface area contributed by atoms with Crippen LogP contribution in [0.1, 0.15) is 33.6 Å². The Morgan fingerprint density at radius 1 is 1.42 bits per heavy atom. The van der Waals surface area contributed by atoms with E-state index >= 15 is 0 Å². The van der Waals surface area contributed by atoms with Crippen LogP contribution in [-0.2, 0) is 0 Å². The van der Waals surface area contributed by atoms with Gasteiger partial charge in [0.1, 0.15) is 0 Å². The fourth-order valence-corrected chi connectivity index (χ4v) is 1.55. The summed E-state index contributed by atoms with van der Waals surface area (Å²) >= 11 is 0. The van der Waals surface area contributed by atoms with E-state index < -0.39 is 0 Å². The van der Waals surface area contributed by atoms with Gasteiger partial charge >= 0.3 is 0 Å². The molecule has 72 valence electrons. The molecule has 0 saturated heterocycles. The van der Waals surface area contributed by atoms with Gasteiger partial charge in [0.15, 0.2) is 0 Å². The Morgan fingerprint density at radius 3 is 2.33 bits per heavy atom. The first kappa shape index (κ1) is 10.0. The van der Waals surface area contributed by atoms with Crippen molar-refractivity contribution < 1.29 is 0 Å². The minimum absolute atomic E-state index is 0.0368. The molecule has 2 N–H and O–H groups in total. The van der Waals surface area contributed by atoms with Crippen molar-refractivity contribution in [2.45, 2.75) is 39.2 Å². The highest BCUT2D eigenvalue weighted by atomic mass is 15.1. The second-order valence-corrected chi connectivity index (χ2v) is 4.76. The number of nitrogens with two attached hydrogens (primary N) is 1. The molecule has 2 heteroatoms. The van der Waals surface area contributed by atoms with Crippen molar-refractivity contribution in [3.8, 4) is 0 Å². The SMILES string of the molecule is CCN(CC1CC1)CC(C)(C)N. The summed E-state index contributed by atoms with van der Waals surface area (Å²) in [5.41, 5.74) is 5.93. The van der Waals surface area contributed by atoms with Crippen LogP contribution in [0.3, 0.4) is 0 Å². The zero-order valence-corrected chi connectivity index (χ0v) is 8.64. The molecule has 0 aromatic heterocycles. The van der Waals surface area contributed by atoms with Crippen LogP contribution in [0.5, 0.6) is 0 Å². The second kappa shape index (κ2) is 3.75. The molecule has 0 spiro atoms. The molecular formula is C10H22N2. The third-order valence-corrected chi connectivity index (χ3v) is 2.29. The minimum atomic E-state index is -0.0368. The van der Waals surface area contributed by atoms with Crippen LogP contribution in [0.25, 0.3) is 0 Å². The van der Waals surface area contributed by atoms with Gasteiger partial charge in [-0.1, -0.05) is 6.92 Å². The quantitative estimate of drug-likeness (QED) is 0.677. The van der Waals surface area contributed by atoms with Crippen LogP contribution in [-0.4, -0.2) is 30.1 Å². The molecule has 2 nitrogen and oxygen atoms in total. The summed E-state index contributed by atoms with van der Waals surface area (Å²) < 4.78 is 0. The van der Waals surface area contributed by atoms with E-state index in [1.54, 1.807) is 0 Å². The molecule has 0 aliphatic heterocycles. The number of hydrogen-bond donors (Lipinski definition) is 1. The Morgan fingerprint density at radius 2 is 2.00 bits per heavy atom. The molecule has 0 amide bonds. The number of likely N-dealkylation sites (N-methyl/N-ethyl adjacent to an activating group) is 1. The zero-order valence-electron chi connectivity index (χ0n) is 8.64. The molecule has 0 unspecified atom stereocenters. The molecule has 0 aromatic rings. The standard InChI is InChI=1S/C10H22N2/c1-4-12(7-9-5-6-9)8-10(2,3)11/h9H,4-8,11H2,1-3H3. The third kappa shape index (κ3) is 4.07. The van der Waals surface area contributed by atoms with Crippen molar-refractivity contribution in [2.75, 3.05) is 19.6 Å². The first-order valence-corrected chi connectivity index (χ1v) is 5.02. The van der Waals surface area contributed by atoms with Gasteiger partial charge in [-0.15, -0.1) is 0 Å². The van der Waals surface area contributed by atoms with Crippen molar-refractivity contribution >= 4 is 0 Å². The fraction of sp³-hybridized carbons (Fsp3) is 1.00. The topological polar surface area (TPSA) is 29.3 Å². The largest absolute Gasteiger partial charge is 0.324 e. The summed E-state index contributed by atoms with van der Waals surface area (Å²) in [6.07, 6.45) is 2.86. The maximum atomic E-state index is 5.97. The van der Waals surface area contributed by atoms with Gasteiger partial charge in [0.2, 0.25) is 0 Å². The van der Waals surface area contributed by atoms with E-state index in [0.717, 1.165) is 19.0 Å². The lowest BCUT2D eigenvalue weighted by Gasteiger charge is -2.28. The van der Waals surface area contributed by atoms with Gasteiger partial charge in [-0.3, -0.25) is 0 Å². The van der Waals surface area contributed by atoms with Gasteiger partial charge in [-0.25, -0.2) is 0 Å². The van der Waals surface area contributed by atoms with E-state index in [-0.39, 0.29) is 5.54 Å². The van der Waals surface area contributed by atoms with Crippen LogP contribution in [0.15, 0.2) is 0 Å². The second-order valence-electron chi connectivity index (χ2n) is 4.76. The van der Waals surface area contributed by atoms with E-state index in [9.17, 15) is 0 Å². The smallest absolute Gasteiger partial charge is 0.0226 e. The lowest BCUT2D eigenvalue weighted by molar-refractivity contribution is 0.227. The van der Waals surface area contributed by atoms with Crippen molar-refractivity contribution in [3.05, 3.63) is 0 Å². The molecule has 1 fully saturated rings. The van der Waals surface area contributed by atoms with Crippen LogP contribution in [0, 0.1) is 5.92 Å². The van der Waals surface area contributed by atoms with Gasteiger partial charge in [0.25, 0.3) is 0 Å². The first-order chi connectivity index (χ1) is 5.51. The zero-order chi connectivity index (χ0) is 9.19. The molecule has 1 rings (SSSR count). The molecule has 1 saturated carbocycles. The molecule has 0 radical (unpaired) electrons. The van der Waals surface area contributed by atoms with Crippen LogP contribution in [0.2, 0.25) is 0 Å². The molecule has 1 aliphatic rings. The summed E-state index contributed by atoms with van der Waals surface area (Å²) in [6.45, 7) is 9.84. The molecule has 12 heavy (non-hydrogen) atoms. The summed E-state index contributed by atoms with van der Waals surface area (Å²) in [5, 5.41) is 0. The van der Waals surface area contributed by atoms with E-state index in [2.05, 4.69) is 25.7 Å². The highest BCUT2D eigenvalue weighted by molar-refractivity contribution is 4.82. The van der Waals surface area contributed by atoms with Gasteiger partial charge < -0.3 is 10.6 Å². The highest BCUT2D eigenvalue weighted by Crippen LogP contribution is 2.29. The van der Waals surface area contributed by atoms with Crippen LogP contribution in [0.4, 0.5) is 0 Å². The Labute approximate surface area is 76.1 Å². The molecule has 1 aliphatic carbocycles. The Kier molecular flexibility index (Phi) is 3.13. The molecule has 0 aromatic carbocycles. The van der Waals surface area contributed by atoms with Crippen molar-refractivity contribution in [2.24, 2.45) is 11.7 Å². The lowest BCUT2D eigenvalue weighted by Crippen LogP contribution is -2.45. The third-order valence-electron chi connectivity index (χ3n) is 2.29. The van der Waals surface area contributed by atoms with Crippen molar-refractivity contribution in [3.63, 3.8) is 0 Å². The van der Waals surface area contributed by atoms with E-state index in [4.69, 9.17) is 5.73 Å². The Balaban J connectivity index is 2.23. The Hall–Kier alpha value is -0.0800. The molecule has 0 atom stereocenters. The van der Waals surface area contributed by atoms with Gasteiger partial charge in [0.05, 0.1) is 0 Å². The highest BCUT2D eigenvalue weighted by Gasteiger charge is 2.25. The van der Waals surface area contributed by atoms with Gasteiger partial charge in [-0.2, -0.15) is 0 Å². The van der Waals surface area contributed by atoms with Crippen LogP contribution >= 0.6 is 0 Å². The van der Waals surface area contributed by atoms with Crippen molar-refractivity contribution in [1.29, 1.82) is 0 Å². The predicted molar refractivity (Wildman–Crippen MR) is 53.1 cm³/mol. The Bertz CT molecular complexity index is 133. The number of rotatable bonds is 5. The summed E-state index contributed by atoms with van der Waals surface area (Å²) in [6, 6.07) is 0. The predicted octanol–water partition coefficient (Wildman–Crippen LogP) is 1.46. The van der Waals surface area contributed by atoms with Crippen molar-refractivity contribution in [1.82, 2.24) is 4.90 Å². The summed E-state index contributed by atoms with van der Waals surface area (Å²) in [5.74, 6) is 0.979. The van der Waals surface area contributed by atoms with Gasteiger partial charge in [-0.05, 0) is 39.2 Å². The van der Waals surface area contributed by atoms with Crippen LogP contribution < -0.4 is 5.73 Å². The molecule has 0 bridgehead atoms. The fourth-order valence-electron chi connectivity index (χ4n) is 1.55. The minimum Gasteiger partial charge on any atom is -0.324 e. The molecule has 0 heterocycles. The monoisotopic (exact) mass is 170 g/mol. The first-order valence-electron chi connectivity index (χ1n) is 5.02. The number of nitrogens with zero attached hydrogens (tertiary/aromatic N) is 1. The average molecular weight is 170 g/mol. The van der Waals surface area contributed by atoms with E-state index in [1.165, 1.54) is 19.4 Å². The van der Waals surface area contributed by atoms with E-state index in [1.807, 2.05) is 0 Å². The lowest BCUT2D eigenvalue weighted by atomic mass is 10.1. The summed E-state index contributed by atoms with van der Waals surface area (Å²) in [7, 11) is 0. The normalized spacial score (nSPS) is 18.8. The van der Waals surface area contributed by atoms with Gasteiger partial charge in [0, 0.05) is 18.6 Å². The molecular weight excluding hydrogens is 148 g/mol. The maximum Gasteiger partial charge on any atom is 0.0226 e. The number of hydrogen-bond acceptors (Lipinski definition) is 2. The average Bonchev–Trinajstić information content (AvgIpc) is 2.67.